The third-order valence-corrected chi connectivity index (χ3v) is 2.17. The number of hydrogen-bond acceptors (Lipinski definition) is 2. The molecule has 0 bridgehead atoms. The van der Waals surface area contributed by atoms with Gasteiger partial charge in [0.25, 0.3) is 0 Å². The van der Waals surface area contributed by atoms with E-state index in [2.05, 4.69) is 6.92 Å². The molecule has 1 aliphatic carbocycles. The van der Waals surface area contributed by atoms with Crippen LogP contribution in [0.25, 0.3) is 0 Å². The molecule has 0 radical (unpaired) electrons. The fourth-order valence-corrected chi connectivity index (χ4v) is 1.71. The van der Waals surface area contributed by atoms with E-state index in [-0.39, 0.29) is 31.0 Å². The number of rotatable bonds is 2. The molecular formula is C8H19NaO4S. The first-order valence-corrected chi connectivity index (χ1v) is 6.03. The first-order valence-electron chi connectivity index (χ1n) is 4.63. The Kier molecular flexibility index (Phi) is 11.3. The van der Waals surface area contributed by atoms with Crippen molar-refractivity contribution in [3.8, 4) is 0 Å². The zero-order chi connectivity index (χ0) is 10.3. The second-order valence-electron chi connectivity index (χ2n) is 3.39. The Labute approximate surface area is 110 Å². The van der Waals surface area contributed by atoms with E-state index in [1.807, 2.05) is 0 Å². The first-order chi connectivity index (χ1) is 5.93. The largest absolute Gasteiger partial charge is 1.00 e. The SMILES string of the molecule is CCCC1CCCC1.O=S(=O)(O)O.[H-].[Na+]. The van der Waals surface area contributed by atoms with Gasteiger partial charge in [0.15, 0.2) is 0 Å². The standard InChI is InChI=1S/C8H16.Na.H2O4S.H/c1-2-5-8-6-3-4-7-8;;1-5(2,3)4;/h8H,2-7H2,1H3;;(H2,1,2,3,4);/q;+1;;-1. The molecule has 0 atom stereocenters. The normalized spacial score (nSPS) is 16.8. The molecule has 1 aliphatic rings. The minimum atomic E-state index is -4.67. The molecule has 14 heavy (non-hydrogen) atoms. The summed E-state index contributed by atoms with van der Waals surface area (Å²) in [6.07, 6.45) is 8.93. The topological polar surface area (TPSA) is 74.6 Å². The zero-order valence-corrected chi connectivity index (χ0v) is 11.8. The Morgan fingerprint density at radius 2 is 1.64 bits per heavy atom. The van der Waals surface area contributed by atoms with E-state index in [1.165, 1.54) is 38.5 Å². The molecule has 1 saturated carbocycles. The average Bonchev–Trinajstić information content (AvgIpc) is 2.36. The van der Waals surface area contributed by atoms with Crippen molar-refractivity contribution in [1.29, 1.82) is 0 Å². The van der Waals surface area contributed by atoms with Crippen LogP contribution in [0.2, 0.25) is 0 Å². The fourth-order valence-electron chi connectivity index (χ4n) is 1.71. The van der Waals surface area contributed by atoms with Gasteiger partial charge < -0.3 is 1.43 Å². The Balaban J connectivity index is -0.000000185. The molecule has 0 heterocycles. The van der Waals surface area contributed by atoms with Gasteiger partial charge in [-0.15, -0.1) is 0 Å². The predicted octanol–water partition coefficient (Wildman–Crippen LogP) is -0.560. The zero-order valence-electron chi connectivity index (χ0n) is 9.94. The molecule has 0 unspecified atom stereocenters. The van der Waals surface area contributed by atoms with Crippen LogP contribution in [0.4, 0.5) is 0 Å². The molecule has 0 aliphatic heterocycles. The summed E-state index contributed by atoms with van der Waals surface area (Å²) in [5.74, 6) is 1.11. The van der Waals surface area contributed by atoms with Crippen LogP contribution < -0.4 is 29.6 Å². The van der Waals surface area contributed by atoms with E-state index in [9.17, 15) is 0 Å². The van der Waals surface area contributed by atoms with Crippen molar-refractivity contribution in [2.45, 2.75) is 45.4 Å². The predicted molar refractivity (Wildman–Crippen MR) is 52.2 cm³/mol. The van der Waals surface area contributed by atoms with Gasteiger partial charge in [0.2, 0.25) is 0 Å². The Bertz CT molecular complexity index is 207. The van der Waals surface area contributed by atoms with E-state index in [1.54, 1.807) is 0 Å². The van der Waals surface area contributed by atoms with E-state index in [0.717, 1.165) is 5.92 Å². The molecule has 0 saturated heterocycles. The van der Waals surface area contributed by atoms with Crippen molar-refractivity contribution in [3.63, 3.8) is 0 Å². The van der Waals surface area contributed by atoms with Crippen LogP contribution in [0.15, 0.2) is 0 Å². The molecular weight excluding hydrogens is 215 g/mol. The molecule has 6 heteroatoms. The molecule has 0 spiro atoms. The maximum atomic E-state index is 8.74. The molecule has 82 valence electrons. The van der Waals surface area contributed by atoms with Crippen molar-refractivity contribution in [2.24, 2.45) is 5.92 Å². The molecule has 1 rings (SSSR count). The summed E-state index contributed by atoms with van der Waals surface area (Å²) in [4.78, 5) is 0. The maximum absolute atomic E-state index is 8.74. The van der Waals surface area contributed by atoms with E-state index in [0.29, 0.717) is 0 Å². The molecule has 2 N–H and O–H groups in total. The van der Waals surface area contributed by atoms with Gasteiger partial charge in [-0.05, 0) is 5.92 Å². The van der Waals surface area contributed by atoms with Gasteiger partial charge in [0.1, 0.15) is 0 Å². The Hall–Kier alpha value is 0.870. The van der Waals surface area contributed by atoms with Crippen molar-refractivity contribution in [1.82, 2.24) is 0 Å². The quantitative estimate of drug-likeness (QED) is 0.496. The molecule has 0 aromatic heterocycles. The van der Waals surface area contributed by atoms with E-state index >= 15 is 0 Å². The summed E-state index contributed by atoms with van der Waals surface area (Å²) >= 11 is 0. The van der Waals surface area contributed by atoms with Gasteiger partial charge in [-0.2, -0.15) is 8.42 Å². The molecule has 0 amide bonds. The average molecular weight is 234 g/mol. The summed E-state index contributed by atoms with van der Waals surface area (Å²) in [7, 11) is -4.67. The van der Waals surface area contributed by atoms with Crippen molar-refractivity contribution < 1.29 is 48.5 Å². The van der Waals surface area contributed by atoms with Crippen LogP contribution in [0.1, 0.15) is 46.9 Å². The second kappa shape index (κ2) is 9.12. The minimum absolute atomic E-state index is 0. The van der Waals surface area contributed by atoms with E-state index in [4.69, 9.17) is 17.5 Å². The summed E-state index contributed by atoms with van der Waals surface area (Å²) in [5.41, 5.74) is 0. The summed E-state index contributed by atoms with van der Waals surface area (Å²) in [6, 6.07) is 0. The number of hydrogen-bond donors (Lipinski definition) is 2. The minimum Gasteiger partial charge on any atom is -1.00 e. The second-order valence-corrected chi connectivity index (χ2v) is 4.28. The van der Waals surface area contributed by atoms with Gasteiger partial charge >= 0.3 is 40.0 Å². The van der Waals surface area contributed by atoms with Gasteiger partial charge in [-0.1, -0.05) is 45.4 Å². The smallest absolute Gasteiger partial charge is 1.00 e. The third-order valence-electron chi connectivity index (χ3n) is 2.17. The van der Waals surface area contributed by atoms with Crippen LogP contribution >= 0.6 is 0 Å². The van der Waals surface area contributed by atoms with Crippen LogP contribution in [-0.4, -0.2) is 17.5 Å². The van der Waals surface area contributed by atoms with Crippen molar-refractivity contribution in [3.05, 3.63) is 0 Å². The van der Waals surface area contributed by atoms with Crippen molar-refractivity contribution >= 4 is 10.4 Å². The first kappa shape index (κ1) is 17.3. The van der Waals surface area contributed by atoms with Gasteiger partial charge in [-0.3, -0.25) is 9.11 Å². The maximum Gasteiger partial charge on any atom is 1.00 e. The van der Waals surface area contributed by atoms with Crippen molar-refractivity contribution in [2.75, 3.05) is 0 Å². The molecule has 1 fully saturated rings. The summed E-state index contributed by atoms with van der Waals surface area (Å²) < 4.78 is 31.6. The van der Waals surface area contributed by atoms with E-state index < -0.39 is 10.4 Å². The van der Waals surface area contributed by atoms with Gasteiger partial charge in [-0.25, -0.2) is 0 Å². The molecule has 0 aromatic rings. The summed E-state index contributed by atoms with van der Waals surface area (Å²) in [6.45, 7) is 2.29. The molecule has 4 nitrogen and oxygen atoms in total. The van der Waals surface area contributed by atoms with Gasteiger partial charge in [0, 0.05) is 0 Å². The van der Waals surface area contributed by atoms with Gasteiger partial charge in [0.05, 0.1) is 0 Å². The fraction of sp³-hybridized carbons (Fsp3) is 1.00. The molecule has 0 aromatic carbocycles. The van der Waals surface area contributed by atoms with Crippen LogP contribution in [0, 0.1) is 5.92 Å². The Morgan fingerprint density at radius 1 is 1.29 bits per heavy atom. The van der Waals surface area contributed by atoms with Crippen LogP contribution in [0.3, 0.4) is 0 Å². The third kappa shape index (κ3) is 15.3. The van der Waals surface area contributed by atoms with Crippen LogP contribution in [0.5, 0.6) is 0 Å². The monoisotopic (exact) mass is 234 g/mol. The Morgan fingerprint density at radius 3 is 1.93 bits per heavy atom. The summed E-state index contributed by atoms with van der Waals surface area (Å²) in [5, 5.41) is 0. The van der Waals surface area contributed by atoms with Crippen LogP contribution in [-0.2, 0) is 10.4 Å².